The van der Waals surface area contributed by atoms with Crippen LogP contribution in [0.3, 0.4) is 0 Å². The van der Waals surface area contributed by atoms with Crippen LogP contribution in [0.2, 0.25) is 4.34 Å². The molecular weight excluding hydrogens is 288 g/mol. The van der Waals surface area contributed by atoms with E-state index in [-0.39, 0.29) is 5.78 Å². The summed E-state index contributed by atoms with van der Waals surface area (Å²) >= 11 is 7.17. The van der Waals surface area contributed by atoms with Crippen molar-refractivity contribution in [2.45, 2.75) is 0 Å². The van der Waals surface area contributed by atoms with Gasteiger partial charge in [0.25, 0.3) is 0 Å². The van der Waals surface area contributed by atoms with E-state index in [1.54, 1.807) is 12.1 Å². The average Bonchev–Trinajstić information content (AvgIpc) is 2.94. The Kier molecular flexibility index (Phi) is 3.68. The first kappa shape index (κ1) is 13.1. The summed E-state index contributed by atoms with van der Waals surface area (Å²) in [5.74, 6) is 0.0153. The molecule has 1 nitrogen and oxygen atoms in total. The van der Waals surface area contributed by atoms with E-state index in [0.29, 0.717) is 14.8 Å². The highest BCUT2D eigenvalue weighted by molar-refractivity contribution is 7.18. The van der Waals surface area contributed by atoms with E-state index in [1.165, 1.54) is 11.3 Å². The van der Waals surface area contributed by atoms with Crippen LogP contribution in [0, 0.1) is 0 Å². The number of hydrogen-bond donors (Lipinski definition) is 0. The molecule has 0 bridgehead atoms. The van der Waals surface area contributed by atoms with E-state index >= 15 is 0 Å². The fourth-order valence-corrected chi connectivity index (χ4v) is 3.03. The summed E-state index contributed by atoms with van der Waals surface area (Å²) in [5.41, 5.74) is 2.93. The molecule has 0 fully saturated rings. The van der Waals surface area contributed by atoms with Gasteiger partial charge in [-0.15, -0.1) is 11.3 Å². The largest absolute Gasteiger partial charge is 0.288 e. The highest BCUT2D eigenvalue weighted by atomic mass is 35.5. The number of ketones is 1. The van der Waals surface area contributed by atoms with Crippen LogP contribution in [0.25, 0.3) is 11.1 Å². The van der Waals surface area contributed by atoms with Crippen LogP contribution in [-0.4, -0.2) is 5.78 Å². The van der Waals surface area contributed by atoms with Crippen molar-refractivity contribution < 1.29 is 4.79 Å². The SMILES string of the molecule is O=C(c1ccc(-c2ccccc2)cc1)c1ccc(Cl)s1. The van der Waals surface area contributed by atoms with Gasteiger partial charge in [-0.3, -0.25) is 4.79 Å². The summed E-state index contributed by atoms with van der Waals surface area (Å²) in [6.07, 6.45) is 0. The predicted octanol–water partition coefficient (Wildman–Crippen LogP) is 5.30. The van der Waals surface area contributed by atoms with Crippen LogP contribution in [-0.2, 0) is 0 Å². The van der Waals surface area contributed by atoms with Gasteiger partial charge in [-0.05, 0) is 23.3 Å². The van der Waals surface area contributed by atoms with Crippen LogP contribution in [0.5, 0.6) is 0 Å². The monoisotopic (exact) mass is 298 g/mol. The Morgan fingerprint density at radius 3 is 2.05 bits per heavy atom. The minimum absolute atomic E-state index is 0.0153. The third kappa shape index (κ3) is 2.67. The highest BCUT2D eigenvalue weighted by Gasteiger charge is 2.11. The summed E-state index contributed by atoms with van der Waals surface area (Å²) in [5, 5.41) is 0. The van der Waals surface area contributed by atoms with Crippen molar-refractivity contribution in [3.8, 4) is 11.1 Å². The zero-order valence-electron chi connectivity index (χ0n) is 10.5. The van der Waals surface area contributed by atoms with Crippen LogP contribution < -0.4 is 0 Å². The first-order valence-electron chi connectivity index (χ1n) is 6.19. The number of carbonyl (C=O) groups excluding carboxylic acids is 1. The zero-order chi connectivity index (χ0) is 13.9. The molecule has 3 aromatic rings. The second-order valence-corrected chi connectivity index (χ2v) is 6.09. The van der Waals surface area contributed by atoms with E-state index in [9.17, 15) is 4.79 Å². The first-order chi connectivity index (χ1) is 9.74. The molecule has 0 amide bonds. The van der Waals surface area contributed by atoms with Crippen molar-refractivity contribution in [1.82, 2.24) is 0 Å². The average molecular weight is 299 g/mol. The molecule has 0 spiro atoms. The molecule has 2 aromatic carbocycles. The highest BCUT2D eigenvalue weighted by Crippen LogP contribution is 2.25. The van der Waals surface area contributed by atoms with Crippen molar-refractivity contribution in [2.75, 3.05) is 0 Å². The van der Waals surface area contributed by atoms with E-state index in [0.717, 1.165) is 11.1 Å². The quantitative estimate of drug-likeness (QED) is 0.600. The van der Waals surface area contributed by atoms with Gasteiger partial charge in [0.15, 0.2) is 0 Å². The van der Waals surface area contributed by atoms with Gasteiger partial charge in [0.1, 0.15) is 0 Å². The van der Waals surface area contributed by atoms with Crippen molar-refractivity contribution >= 4 is 28.7 Å². The van der Waals surface area contributed by atoms with Gasteiger partial charge >= 0.3 is 0 Å². The Bertz CT molecular complexity index is 729. The molecular formula is C17H11ClOS. The smallest absolute Gasteiger partial charge is 0.202 e. The van der Waals surface area contributed by atoms with E-state index < -0.39 is 0 Å². The number of hydrogen-bond acceptors (Lipinski definition) is 2. The Balaban J connectivity index is 1.88. The van der Waals surface area contributed by atoms with E-state index in [4.69, 9.17) is 11.6 Å². The lowest BCUT2D eigenvalue weighted by Gasteiger charge is -2.03. The molecule has 3 rings (SSSR count). The van der Waals surface area contributed by atoms with Gasteiger partial charge in [0, 0.05) is 5.56 Å². The maximum atomic E-state index is 12.3. The van der Waals surface area contributed by atoms with Crippen molar-refractivity contribution in [3.63, 3.8) is 0 Å². The molecule has 0 saturated carbocycles. The molecule has 0 saturated heterocycles. The fourth-order valence-electron chi connectivity index (χ4n) is 2.02. The number of carbonyl (C=O) groups is 1. The fraction of sp³-hybridized carbons (Fsp3) is 0. The molecule has 0 aliphatic carbocycles. The summed E-state index contributed by atoms with van der Waals surface area (Å²) in [7, 11) is 0. The molecule has 3 heteroatoms. The van der Waals surface area contributed by atoms with Crippen LogP contribution in [0.4, 0.5) is 0 Å². The Morgan fingerprint density at radius 2 is 1.45 bits per heavy atom. The lowest BCUT2D eigenvalue weighted by molar-refractivity contribution is 0.104. The van der Waals surface area contributed by atoms with Gasteiger partial charge in [0.2, 0.25) is 5.78 Å². The van der Waals surface area contributed by atoms with Gasteiger partial charge < -0.3 is 0 Å². The Hall–Kier alpha value is -1.90. The minimum Gasteiger partial charge on any atom is -0.288 e. The number of benzene rings is 2. The van der Waals surface area contributed by atoms with Crippen molar-refractivity contribution in [2.24, 2.45) is 0 Å². The number of rotatable bonds is 3. The van der Waals surface area contributed by atoms with Crippen molar-refractivity contribution in [1.29, 1.82) is 0 Å². The molecule has 20 heavy (non-hydrogen) atoms. The second kappa shape index (κ2) is 5.61. The van der Waals surface area contributed by atoms with Crippen LogP contribution in [0.1, 0.15) is 15.2 Å². The first-order valence-corrected chi connectivity index (χ1v) is 7.39. The van der Waals surface area contributed by atoms with E-state index in [2.05, 4.69) is 12.1 Å². The molecule has 0 unspecified atom stereocenters. The van der Waals surface area contributed by atoms with E-state index in [1.807, 2.05) is 42.5 Å². The van der Waals surface area contributed by atoms with Gasteiger partial charge in [-0.2, -0.15) is 0 Å². The van der Waals surface area contributed by atoms with Gasteiger partial charge in [0.05, 0.1) is 9.21 Å². The number of halogens is 1. The van der Waals surface area contributed by atoms with Crippen LogP contribution >= 0.6 is 22.9 Å². The normalized spacial score (nSPS) is 10.4. The zero-order valence-corrected chi connectivity index (χ0v) is 12.1. The maximum absolute atomic E-state index is 12.3. The second-order valence-electron chi connectivity index (χ2n) is 4.38. The Labute approximate surface area is 126 Å². The predicted molar refractivity (Wildman–Crippen MR) is 84.6 cm³/mol. The molecule has 0 aliphatic rings. The molecule has 0 aliphatic heterocycles. The number of thiophene rings is 1. The molecule has 1 heterocycles. The summed E-state index contributed by atoms with van der Waals surface area (Å²) in [4.78, 5) is 12.9. The summed E-state index contributed by atoms with van der Waals surface area (Å²) in [6.45, 7) is 0. The summed E-state index contributed by atoms with van der Waals surface area (Å²) in [6, 6.07) is 21.3. The van der Waals surface area contributed by atoms with Gasteiger partial charge in [-0.1, -0.05) is 66.2 Å². The molecule has 0 N–H and O–H groups in total. The lowest BCUT2D eigenvalue weighted by Crippen LogP contribution is -1.97. The molecule has 98 valence electrons. The topological polar surface area (TPSA) is 17.1 Å². The lowest BCUT2D eigenvalue weighted by atomic mass is 10.0. The molecule has 1 aromatic heterocycles. The molecule has 0 radical (unpaired) electrons. The van der Waals surface area contributed by atoms with Crippen LogP contribution in [0.15, 0.2) is 66.7 Å². The third-order valence-corrected chi connectivity index (χ3v) is 4.28. The minimum atomic E-state index is 0.0153. The molecule has 0 atom stereocenters. The maximum Gasteiger partial charge on any atom is 0.202 e. The van der Waals surface area contributed by atoms with Gasteiger partial charge in [-0.25, -0.2) is 0 Å². The summed E-state index contributed by atoms with van der Waals surface area (Å²) < 4.78 is 0.634. The standard InChI is InChI=1S/C17H11ClOS/c18-16-11-10-15(20-16)17(19)14-8-6-13(7-9-14)12-4-2-1-3-5-12/h1-11H. The Morgan fingerprint density at radius 1 is 0.800 bits per heavy atom. The van der Waals surface area contributed by atoms with Crippen molar-refractivity contribution in [3.05, 3.63) is 81.5 Å². The third-order valence-electron chi connectivity index (χ3n) is 3.05.